The number of aryl methyl sites for hydroxylation is 1. The van der Waals surface area contributed by atoms with Crippen molar-refractivity contribution in [3.05, 3.63) is 23.4 Å². The summed E-state index contributed by atoms with van der Waals surface area (Å²) in [5.74, 6) is -0.235. The van der Waals surface area contributed by atoms with E-state index in [1.165, 1.54) is 4.90 Å². The van der Waals surface area contributed by atoms with Crippen LogP contribution in [0.3, 0.4) is 0 Å². The molecule has 1 saturated heterocycles. The van der Waals surface area contributed by atoms with E-state index < -0.39 is 41.2 Å². The molecule has 3 amide bonds. The number of nitrogens with zero attached hydrogens (tertiary/aromatic N) is 3. The molecule has 1 aliphatic heterocycles. The van der Waals surface area contributed by atoms with Crippen LogP contribution in [0.1, 0.15) is 73.6 Å². The maximum Gasteiger partial charge on any atom is 0.425 e. The Morgan fingerprint density at radius 3 is 1.89 bits per heavy atom. The van der Waals surface area contributed by atoms with Gasteiger partial charge >= 0.3 is 18.3 Å². The lowest BCUT2D eigenvalue weighted by Crippen LogP contribution is -2.44. The molecule has 0 radical (unpaired) electrons. The molecule has 202 valence electrons. The van der Waals surface area contributed by atoms with E-state index in [-0.39, 0.29) is 18.3 Å². The molecule has 10 nitrogen and oxygen atoms in total. The fraction of sp³-hybridized carbons (Fsp3) is 0.692. The number of ether oxygens (including phenoxy) is 3. The summed E-state index contributed by atoms with van der Waals surface area (Å²) >= 11 is 0. The Morgan fingerprint density at radius 2 is 1.42 bits per heavy atom. The van der Waals surface area contributed by atoms with Crippen LogP contribution in [0.25, 0.3) is 0 Å². The first kappa shape index (κ1) is 29.4. The van der Waals surface area contributed by atoms with Crippen LogP contribution < -0.4 is 4.90 Å². The lowest BCUT2D eigenvalue weighted by atomic mass is 9.99. The van der Waals surface area contributed by atoms with E-state index in [0.717, 1.165) is 10.5 Å². The molecule has 1 aromatic heterocycles. The second-order valence-corrected chi connectivity index (χ2v) is 12.2. The van der Waals surface area contributed by atoms with Crippen LogP contribution in [0, 0.1) is 12.8 Å². The number of pyridine rings is 1. The van der Waals surface area contributed by atoms with Gasteiger partial charge in [-0.1, -0.05) is 0 Å². The molecule has 1 N–H and O–H groups in total. The first-order valence-electron chi connectivity index (χ1n) is 12.1. The Bertz CT molecular complexity index is 945. The second kappa shape index (κ2) is 10.6. The number of amides is 3. The molecule has 1 aliphatic rings. The van der Waals surface area contributed by atoms with Crippen molar-refractivity contribution in [2.75, 3.05) is 18.0 Å². The zero-order valence-corrected chi connectivity index (χ0v) is 23.2. The number of carbonyl (C=O) groups is 3. The summed E-state index contributed by atoms with van der Waals surface area (Å²) in [6.45, 7) is 17.8. The van der Waals surface area contributed by atoms with Crippen molar-refractivity contribution in [3.63, 3.8) is 0 Å². The number of rotatable bonds is 3. The monoisotopic (exact) mass is 507 g/mol. The van der Waals surface area contributed by atoms with Gasteiger partial charge in [-0.05, 0) is 93.4 Å². The summed E-state index contributed by atoms with van der Waals surface area (Å²) in [5.41, 5.74) is -1.02. The largest absolute Gasteiger partial charge is 0.444 e. The Balaban J connectivity index is 2.31. The molecule has 2 heterocycles. The summed E-state index contributed by atoms with van der Waals surface area (Å²) < 4.78 is 16.3. The number of imide groups is 1. The molecular weight excluding hydrogens is 466 g/mol. The highest BCUT2D eigenvalue weighted by atomic mass is 16.6. The molecule has 0 saturated carbocycles. The van der Waals surface area contributed by atoms with Crippen molar-refractivity contribution in [2.24, 2.45) is 5.92 Å². The predicted octanol–water partition coefficient (Wildman–Crippen LogP) is 4.84. The summed E-state index contributed by atoms with van der Waals surface area (Å²) in [6.07, 6.45) is -2.74. The smallest absolute Gasteiger partial charge is 0.425 e. The van der Waals surface area contributed by atoms with Crippen molar-refractivity contribution in [3.8, 4) is 0 Å². The van der Waals surface area contributed by atoms with Crippen molar-refractivity contribution >= 4 is 24.1 Å². The van der Waals surface area contributed by atoms with Crippen molar-refractivity contribution in [1.82, 2.24) is 9.88 Å². The molecule has 36 heavy (non-hydrogen) atoms. The fourth-order valence-corrected chi connectivity index (χ4v) is 3.61. The van der Waals surface area contributed by atoms with Gasteiger partial charge in [0.1, 0.15) is 22.6 Å². The van der Waals surface area contributed by atoms with Crippen LogP contribution in [0.2, 0.25) is 0 Å². The van der Waals surface area contributed by atoms with Gasteiger partial charge in [0, 0.05) is 18.2 Å². The third kappa shape index (κ3) is 8.96. The van der Waals surface area contributed by atoms with E-state index in [9.17, 15) is 19.5 Å². The molecule has 0 unspecified atom stereocenters. The summed E-state index contributed by atoms with van der Waals surface area (Å²) in [7, 11) is 0. The highest BCUT2D eigenvalue weighted by molar-refractivity contribution is 6.08. The topological polar surface area (TPSA) is 119 Å². The zero-order valence-electron chi connectivity index (χ0n) is 23.2. The number of likely N-dealkylation sites (tertiary alicyclic amines) is 1. The number of carbonyl (C=O) groups excluding carboxylic acids is 3. The number of aliphatic hydroxyl groups excluding tert-OH is 1. The van der Waals surface area contributed by atoms with E-state index in [1.807, 2.05) is 13.0 Å². The minimum atomic E-state index is -0.905. The van der Waals surface area contributed by atoms with Gasteiger partial charge in [0.05, 0.1) is 12.6 Å². The van der Waals surface area contributed by atoms with Crippen LogP contribution in [0.5, 0.6) is 0 Å². The zero-order chi connectivity index (χ0) is 27.6. The third-order valence-electron chi connectivity index (χ3n) is 4.92. The molecular formula is C26H41N3O7. The minimum Gasteiger partial charge on any atom is -0.444 e. The van der Waals surface area contributed by atoms with Crippen LogP contribution in [-0.2, 0) is 20.6 Å². The number of anilines is 1. The Labute approximate surface area is 213 Å². The summed E-state index contributed by atoms with van der Waals surface area (Å²) in [5, 5.41) is 10.6. The molecule has 0 spiro atoms. The Hall–Kier alpha value is -2.88. The van der Waals surface area contributed by atoms with Crippen LogP contribution in [0.4, 0.5) is 20.2 Å². The summed E-state index contributed by atoms with van der Waals surface area (Å²) in [4.78, 5) is 45.3. The number of hydrogen-bond acceptors (Lipinski definition) is 8. The maximum atomic E-state index is 13.0. The molecule has 0 bridgehead atoms. The minimum absolute atomic E-state index is 0.0602. The fourth-order valence-electron chi connectivity index (χ4n) is 3.61. The number of aromatic nitrogens is 1. The number of hydrogen-bond donors (Lipinski definition) is 1. The van der Waals surface area contributed by atoms with Crippen LogP contribution >= 0.6 is 0 Å². The lowest BCUT2D eigenvalue weighted by molar-refractivity contribution is 0.0268. The molecule has 0 aliphatic carbocycles. The van der Waals surface area contributed by atoms with E-state index in [0.29, 0.717) is 18.7 Å². The summed E-state index contributed by atoms with van der Waals surface area (Å²) in [6, 6.07) is 3.41. The molecule has 10 heteroatoms. The first-order valence-corrected chi connectivity index (χ1v) is 12.1. The third-order valence-corrected chi connectivity index (χ3v) is 4.92. The van der Waals surface area contributed by atoms with Gasteiger partial charge in [-0.3, -0.25) is 0 Å². The average Bonchev–Trinajstić information content (AvgIpc) is 2.97. The normalized spacial score (nSPS) is 18.6. The van der Waals surface area contributed by atoms with E-state index >= 15 is 0 Å². The average molecular weight is 508 g/mol. The highest BCUT2D eigenvalue weighted by Gasteiger charge is 2.37. The van der Waals surface area contributed by atoms with Gasteiger partial charge in [-0.15, -0.1) is 0 Å². The van der Waals surface area contributed by atoms with Gasteiger partial charge in [-0.2, -0.15) is 4.90 Å². The van der Waals surface area contributed by atoms with E-state index in [2.05, 4.69) is 4.98 Å². The Morgan fingerprint density at radius 1 is 0.917 bits per heavy atom. The molecule has 1 fully saturated rings. The van der Waals surface area contributed by atoms with Gasteiger partial charge in [-0.25, -0.2) is 19.4 Å². The molecule has 2 rings (SSSR count). The number of aliphatic hydroxyl groups is 1. The van der Waals surface area contributed by atoms with Crippen LogP contribution in [0.15, 0.2) is 12.1 Å². The first-order chi connectivity index (χ1) is 16.2. The molecule has 2 atom stereocenters. The van der Waals surface area contributed by atoms with Gasteiger partial charge in [0.25, 0.3) is 0 Å². The molecule has 1 aromatic rings. The van der Waals surface area contributed by atoms with Crippen molar-refractivity contribution in [1.29, 1.82) is 0 Å². The standard InChI is InChI=1S/C26H41N3O7/c1-16-11-18(13-17-14-28(15-19(17)30)21(31)34-24(2,3)4)27-20(12-16)29(22(32)35-25(5,6)7)23(33)36-26(8,9)10/h11-12,17,19,30H,13-15H2,1-10H3/t17-,19-/m0/s1. The van der Waals surface area contributed by atoms with Crippen LogP contribution in [-0.4, -0.2) is 69.3 Å². The van der Waals surface area contributed by atoms with E-state index in [1.54, 1.807) is 68.4 Å². The SMILES string of the molecule is Cc1cc(C[C@H]2CN(C(=O)OC(C)(C)C)C[C@@H]2O)nc(N(C(=O)OC(C)(C)C)C(=O)OC(C)(C)C)c1. The molecule has 0 aromatic carbocycles. The van der Waals surface area contributed by atoms with Crippen molar-refractivity contribution < 1.29 is 33.7 Å². The van der Waals surface area contributed by atoms with E-state index in [4.69, 9.17) is 14.2 Å². The van der Waals surface area contributed by atoms with Gasteiger partial charge in [0.15, 0.2) is 0 Å². The highest BCUT2D eigenvalue weighted by Crippen LogP contribution is 2.26. The maximum absolute atomic E-state index is 13.0. The van der Waals surface area contributed by atoms with Gasteiger partial charge in [0.2, 0.25) is 0 Å². The quantitative estimate of drug-likeness (QED) is 0.578. The predicted molar refractivity (Wildman–Crippen MR) is 135 cm³/mol. The second-order valence-electron chi connectivity index (χ2n) is 12.2. The Kier molecular flexibility index (Phi) is 8.66. The lowest BCUT2D eigenvalue weighted by Gasteiger charge is -2.28. The van der Waals surface area contributed by atoms with Crippen molar-refractivity contribution in [2.45, 2.75) is 98.6 Å². The number of β-amino-alcohol motifs (C(OH)–C–C–N with tert-alkyl or cyclic N) is 1. The van der Waals surface area contributed by atoms with Gasteiger partial charge < -0.3 is 24.2 Å².